The topological polar surface area (TPSA) is 109 Å². The van der Waals surface area contributed by atoms with Crippen LogP contribution in [-0.2, 0) is 20.8 Å². The minimum absolute atomic E-state index is 0.512. The molecule has 0 rings (SSSR count). The fourth-order valence-electron chi connectivity index (χ4n) is 0.242. The van der Waals surface area contributed by atoms with Gasteiger partial charge in [0, 0.05) is 0 Å². The summed E-state index contributed by atoms with van der Waals surface area (Å²) in [6.07, 6.45) is 0. The summed E-state index contributed by atoms with van der Waals surface area (Å²) in [4.78, 5) is 10.0. The number of amides is 2. The summed E-state index contributed by atoms with van der Waals surface area (Å²) < 4.78 is 62.3. The first-order valence-electron chi connectivity index (χ1n) is 2.09. The maximum Gasteiger partial charge on any atom is 0.400 e. The van der Waals surface area contributed by atoms with Gasteiger partial charge in [-0.1, -0.05) is 7.77 Å². The summed E-state index contributed by atoms with van der Waals surface area (Å²) in [6, 6.07) is -2.04. The largest absolute Gasteiger partial charge is 0.400 e. The highest BCUT2D eigenvalue weighted by atomic mass is 32.3. The average Bonchev–Trinajstić information content (AvgIpc) is 1.49. The second-order valence-electron chi connectivity index (χ2n) is 1.41. The molecule has 0 atom stereocenters. The molecule has 0 saturated heterocycles. The van der Waals surface area contributed by atoms with Gasteiger partial charge in [0.2, 0.25) is 0 Å². The van der Waals surface area contributed by atoms with E-state index in [1.165, 1.54) is 0 Å². The lowest BCUT2D eigenvalue weighted by atomic mass is 11.2. The van der Waals surface area contributed by atoms with E-state index in [9.17, 15) is 29.4 Å². The molecule has 0 bridgehead atoms. The van der Waals surface area contributed by atoms with Crippen LogP contribution in [0.2, 0.25) is 0 Å². The predicted molar refractivity (Wildman–Crippen MR) is 31.7 cm³/mol. The highest BCUT2D eigenvalue weighted by Gasteiger charge is 2.17. The van der Waals surface area contributed by atoms with Gasteiger partial charge in [0.05, 0.1) is 0 Å². The maximum absolute atomic E-state index is 11.5. The first-order chi connectivity index (χ1) is 5.10. The Morgan fingerprint density at radius 3 is 1.33 bits per heavy atom. The Kier molecular flexibility index (Phi) is 2.93. The molecule has 0 radical (unpaired) electrons. The van der Waals surface area contributed by atoms with Crippen LogP contribution in [0.4, 0.5) is 12.6 Å². The van der Waals surface area contributed by atoms with E-state index in [1.807, 2.05) is 0 Å². The monoisotopic (exact) mass is 224 g/mol. The van der Waals surface area contributed by atoms with Gasteiger partial charge in [0.1, 0.15) is 0 Å². The normalized spacial score (nSPS) is 12.2. The van der Waals surface area contributed by atoms with Gasteiger partial charge in [-0.3, -0.25) is 0 Å². The van der Waals surface area contributed by atoms with Crippen LogP contribution in [0.3, 0.4) is 0 Å². The molecule has 0 aliphatic heterocycles. The van der Waals surface area contributed by atoms with Crippen LogP contribution in [0.5, 0.6) is 0 Å². The number of carbonyl (C=O) groups is 1. The van der Waals surface area contributed by atoms with E-state index in [0.717, 1.165) is 0 Å². The van der Waals surface area contributed by atoms with Gasteiger partial charge < -0.3 is 0 Å². The Morgan fingerprint density at radius 2 is 1.17 bits per heavy atom. The van der Waals surface area contributed by atoms with Gasteiger partial charge in [-0.05, 0) is 0 Å². The van der Waals surface area contributed by atoms with Crippen molar-refractivity contribution in [2.75, 3.05) is 0 Å². The second kappa shape index (κ2) is 3.18. The van der Waals surface area contributed by atoms with E-state index in [1.54, 1.807) is 0 Å². The molecule has 0 unspecified atom stereocenters. The number of rotatable bonds is 2. The Labute approximate surface area is 66.4 Å². The third-order valence-electron chi connectivity index (χ3n) is 0.429. The molecular weight excluding hydrogens is 222 g/mol. The molecule has 0 aromatic heterocycles. The fourth-order valence-corrected chi connectivity index (χ4v) is 0.852. The van der Waals surface area contributed by atoms with Gasteiger partial charge in [-0.15, -0.1) is 0 Å². The molecule has 0 aromatic carbocycles. The van der Waals surface area contributed by atoms with Crippen molar-refractivity contribution in [2.45, 2.75) is 0 Å². The van der Waals surface area contributed by atoms with Crippen molar-refractivity contribution < 1.29 is 29.4 Å². The second-order valence-corrected chi connectivity index (χ2v) is 3.57. The Bertz CT molecular complexity index is 332. The molecule has 0 aromatic rings. The first kappa shape index (κ1) is 11.0. The quantitative estimate of drug-likeness (QED) is 0.567. The van der Waals surface area contributed by atoms with Crippen LogP contribution in [0.15, 0.2) is 0 Å². The van der Waals surface area contributed by atoms with Crippen molar-refractivity contribution in [2.24, 2.45) is 0 Å². The first-order valence-corrected chi connectivity index (χ1v) is 4.85. The molecule has 0 saturated carbocycles. The molecule has 0 heterocycles. The molecular formula is CH2F2N2O5S2. The molecule has 2 N–H and O–H groups in total. The third kappa shape index (κ3) is 7.14. The number of urea groups is 1. The number of hydrogen-bond acceptors (Lipinski definition) is 5. The number of hydrogen-bond donors (Lipinski definition) is 2. The van der Waals surface area contributed by atoms with Crippen LogP contribution in [0.25, 0.3) is 0 Å². The van der Waals surface area contributed by atoms with Gasteiger partial charge in [0.15, 0.2) is 0 Å². The molecule has 0 spiro atoms. The van der Waals surface area contributed by atoms with E-state index in [2.05, 4.69) is 0 Å². The van der Waals surface area contributed by atoms with E-state index in [-0.39, 0.29) is 0 Å². The maximum atomic E-state index is 11.5. The number of carbonyl (C=O) groups excluding carboxylic acids is 1. The zero-order valence-electron chi connectivity index (χ0n) is 5.11. The summed E-state index contributed by atoms with van der Waals surface area (Å²) in [6.45, 7) is 0. The summed E-state index contributed by atoms with van der Waals surface area (Å²) in [5.74, 6) is 0. The minimum Gasteiger partial charge on any atom is -0.246 e. The van der Waals surface area contributed by atoms with Crippen molar-refractivity contribution in [3.05, 3.63) is 0 Å². The molecule has 0 fully saturated rings. The van der Waals surface area contributed by atoms with Crippen molar-refractivity contribution in [3.63, 3.8) is 0 Å². The molecule has 0 aliphatic carbocycles. The van der Waals surface area contributed by atoms with Gasteiger partial charge in [0.25, 0.3) is 0 Å². The van der Waals surface area contributed by atoms with Crippen LogP contribution in [0.1, 0.15) is 0 Å². The van der Waals surface area contributed by atoms with Crippen molar-refractivity contribution in [1.82, 2.24) is 9.44 Å². The smallest absolute Gasteiger partial charge is 0.246 e. The lowest BCUT2D eigenvalue weighted by molar-refractivity contribution is 0.250. The highest BCUT2D eigenvalue weighted by Crippen LogP contribution is 1.86. The fraction of sp³-hybridized carbons (Fsp3) is 0. The van der Waals surface area contributed by atoms with Crippen molar-refractivity contribution in [3.8, 4) is 0 Å². The van der Waals surface area contributed by atoms with Crippen LogP contribution in [-0.4, -0.2) is 22.9 Å². The molecule has 0 aliphatic rings. The summed E-state index contributed by atoms with van der Waals surface area (Å²) in [7, 11) is -10.8. The minimum atomic E-state index is -5.39. The van der Waals surface area contributed by atoms with E-state index < -0.39 is 26.8 Å². The van der Waals surface area contributed by atoms with E-state index in [0.29, 0.717) is 9.44 Å². The SMILES string of the molecule is O=C(NS(=O)(=O)F)NS(=O)(=O)F. The Hall–Kier alpha value is -0.970. The lowest BCUT2D eigenvalue weighted by Crippen LogP contribution is -2.39. The summed E-state index contributed by atoms with van der Waals surface area (Å²) in [5, 5.41) is 0. The lowest BCUT2D eigenvalue weighted by Gasteiger charge is -1.97. The Balaban J connectivity index is 4.30. The van der Waals surface area contributed by atoms with Gasteiger partial charge in [-0.25, -0.2) is 14.2 Å². The Morgan fingerprint density at radius 1 is 0.917 bits per heavy atom. The molecule has 72 valence electrons. The predicted octanol–water partition coefficient (Wildman–Crippen LogP) is -1.29. The third-order valence-corrected chi connectivity index (χ3v) is 1.29. The van der Waals surface area contributed by atoms with Crippen LogP contribution >= 0.6 is 0 Å². The highest BCUT2D eigenvalue weighted by molar-refractivity contribution is 7.86. The summed E-state index contributed by atoms with van der Waals surface area (Å²) in [5.41, 5.74) is 0. The van der Waals surface area contributed by atoms with E-state index >= 15 is 0 Å². The molecule has 12 heavy (non-hydrogen) atoms. The summed E-state index contributed by atoms with van der Waals surface area (Å²) >= 11 is 0. The van der Waals surface area contributed by atoms with Crippen LogP contribution < -0.4 is 9.44 Å². The molecule has 11 heteroatoms. The standard InChI is InChI=1S/CH2F2N2O5S2/c2-11(7,8)4-1(6)5-12(3,9)10/h(H2,4,5,6). The van der Waals surface area contributed by atoms with Crippen molar-refractivity contribution in [1.29, 1.82) is 0 Å². The average molecular weight is 224 g/mol. The number of nitrogens with one attached hydrogen (secondary N) is 2. The molecule has 7 nitrogen and oxygen atoms in total. The zero-order chi connectivity index (χ0) is 9.99. The molecule has 2 amide bonds. The zero-order valence-corrected chi connectivity index (χ0v) is 6.75. The number of halogens is 2. The van der Waals surface area contributed by atoms with Gasteiger partial charge >= 0.3 is 26.8 Å². The van der Waals surface area contributed by atoms with Crippen LogP contribution in [0, 0.1) is 0 Å². The van der Waals surface area contributed by atoms with Gasteiger partial charge in [-0.2, -0.15) is 16.8 Å². The van der Waals surface area contributed by atoms with Crippen molar-refractivity contribution >= 4 is 26.8 Å². The van der Waals surface area contributed by atoms with E-state index in [4.69, 9.17) is 0 Å².